The van der Waals surface area contributed by atoms with E-state index in [0.717, 1.165) is 18.8 Å². The van der Waals surface area contributed by atoms with Gasteiger partial charge in [0.05, 0.1) is 25.6 Å². The zero-order valence-electron chi connectivity index (χ0n) is 27.3. The van der Waals surface area contributed by atoms with E-state index in [-0.39, 0.29) is 38.2 Å². The largest absolute Gasteiger partial charge is 0.495 e. The molecule has 5 heteroatoms. The molecule has 2 bridgehead atoms. The van der Waals surface area contributed by atoms with Crippen molar-refractivity contribution in [1.82, 2.24) is 0 Å². The number of allylic oxidation sites excluding steroid dienone is 2. The van der Waals surface area contributed by atoms with Gasteiger partial charge in [-0.1, -0.05) is 60.1 Å². The predicted octanol–water partition coefficient (Wildman–Crippen LogP) is 8.01. The highest BCUT2D eigenvalue weighted by molar-refractivity contribution is 8.01. The van der Waals surface area contributed by atoms with Crippen LogP contribution in [0.4, 0.5) is 0 Å². The maximum atomic E-state index is 6.75. The third-order valence-electron chi connectivity index (χ3n) is 13.6. The molecule has 3 aliphatic carbocycles. The third-order valence-corrected chi connectivity index (χ3v) is 15.2. The number of fused-ring (bicyclic) bond motifs is 5. The first-order valence-corrected chi connectivity index (χ1v) is 17.2. The van der Waals surface area contributed by atoms with Gasteiger partial charge in [0, 0.05) is 34.0 Å². The molecule has 0 radical (unpaired) electrons. The lowest BCUT2D eigenvalue weighted by Crippen LogP contribution is -2.65. The van der Waals surface area contributed by atoms with Gasteiger partial charge in [0.1, 0.15) is 5.60 Å². The average Bonchev–Trinajstić information content (AvgIpc) is 2.88. The van der Waals surface area contributed by atoms with E-state index in [0.29, 0.717) is 36.2 Å². The van der Waals surface area contributed by atoms with Gasteiger partial charge in [0.15, 0.2) is 0 Å². The monoisotopic (exact) mass is 573 g/mol. The highest BCUT2D eigenvalue weighted by atomic mass is 32.2. The standard InChI is InChI=1S/C35H59NO3S/c1-23(2)25(5)35-16-15-31(7)26-11-12-28-30(6,21-37-10)29(38-22-32(8,36)24(3)4)19-40-33(28,9)27(26)13-14-34(31,20-35)17-18-39-35/h13,17-18,23-26,28-29H,11-12,14-16,19-22,36H2,1-10H3/t25-,26?,28?,29?,30+,31?,32+,33-,34-,35-/m1/s1. The van der Waals surface area contributed by atoms with Crippen LogP contribution in [0, 0.1) is 45.8 Å². The van der Waals surface area contributed by atoms with E-state index < -0.39 is 0 Å². The Hall–Kier alpha value is -0.490. The van der Waals surface area contributed by atoms with Crippen LogP contribution in [-0.2, 0) is 14.2 Å². The molecule has 228 valence electrons. The molecule has 40 heavy (non-hydrogen) atoms. The van der Waals surface area contributed by atoms with E-state index in [1.165, 1.54) is 32.1 Å². The Morgan fingerprint density at radius 3 is 2.50 bits per heavy atom. The number of hydrogen-bond acceptors (Lipinski definition) is 5. The summed E-state index contributed by atoms with van der Waals surface area (Å²) in [6.45, 7) is 22.7. The molecule has 10 atom stereocenters. The van der Waals surface area contributed by atoms with Crippen LogP contribution in [0.5, 0.6) is 0 Å². The van der Waals surface area contributed by atoms with Crippen LogP contribution in [0.3, 0.4) is 0 Å². The van der Waals surface area contributed by atoms with Crippen molar-refractivity contribution in [3.05, 3.63) is 24.0 Å². The van der Waals surface area contributed by atoms with Crippen molar-refractivity contribution in [2.24, 2.45) is 51.6 Å². The van der Waals surface area contributed by atoms with E-state index in [2.05, 4.69) is 92.5 Å². The number of rotatable bonds is 8. The van der Waals surface area contributed by atoms with Crippen molar-refractivity contribution in [3.63, 3.8) is 0 Å². The molecule has 4 nitrogen and oxygen atoms in total. The molecule has 0 aromatic heterocycles. The molecule has 2 N–H and O–H groups in total. The second kappa shape index (κ2) is 10.3. The summed E-state index contributed by atoms with van der Waals surface area (Å²) in [5, 5.41) is 0. The first-order chi connectivity index (χ1) is 18.6. The lowest BCUT2D eigenvalue weighted by molar-refractivity contribution is -0.174. The quantitative estimate of drug-likeness (QED) is 0.298. The molecule has 5 aliphatic rings. The van der Waals surface area contributed by atoms with Gasteiger partial charge in [-0.25, -0.2) is 0 Å². The van der Waals surface area contributed by atoms with Gasteiger partial charge in [0.25, 0.3) is 0 Å². The van der Waals surface area contributed by atoms with Gasteiger partial charge in [-0.2, -0.15) is 0 Å². The first kappa shape index (κ1) is 31.0. The summed E-state index contributed by atoms with van der Waals surface area (Å²) in [7, 11) is 1.86. The minimum absolute atomic E-state index is 0.0104. The van der Waals surface area contributed by atoms with Crippen LogP contribution in [-0.4, -0.2) is 48.1 Å². The van der Waals surface area contributed by atoms with Crippen molar-refractivity contribution in [2.75, 3.05) is 26.1 Å². The van der Waals surface area contributed by atoms with Gasteiger partial charge in [-0.3, -0.25) is 0 Å². The van der Waals surface area contributed by atoms with Crippen LogP contribution in [0.1, 0.15) is 101 Å². The van der Waals surface area contributed by atoms with Gasteiger partial charge >= 0.3 is 0 Å². The second-order valence-electron chi connectivity index (χ2n) is 16.1. The fourth-order valence-electron chi connectivity index (χ4n) is 9.80. The number of methoxy groups -OCH3 is 1. The molecular weight excluding hydrogens is 514 g/mol. The van der Waals surface area contributed by atoms with E-state index in [9.17, 15) is 0 Å². The Kier molecular flexibility index (Phi) is 7.97. The molecule has 4 unspecified atom stereocenters. The van der Waals surface area contributed by atoms with Crippen LogP contribution in [0.25, 0.3) is 0 Å². The maximum Gasteiger partial charge on any atom is 0.112 e. The summed E-state index contributed by atoms with van der Waals surface area (Å²) in [4.78, 5) is 0. The van der Waals surface area contributed by atoms with Crippen LogP contribution in [0.2, 0.25) is 0 Å². The zero-order chi connectivity index (χ0) is 29.4. The summed E-state index contributed by atoms with van der Waals surface area (Å²) in [5.41, 5.74) is 8.49. The Bertz CT molecular complexity index is 1020. The van der Waals surface area contributed by atoms with Crippen LogP contribution in [0.15, 0.2) is 24.0 Å². The predicted molar refractivity (Wildman–Crippen MR) is 168 cm³/mol. The number of ether oxygens (including phenoxy) is 3. The summed E-state index contributed by atoms with van der Waals surface area (Å²) in [6.07, 6.45) is 14.7. The summed E-state index contributed by atoms with van der Waals surface area (Å²) in [6, 6.07) is 0. The Labute approximate surface area is 250 Å². The van der Waals surface area contributed by atoms with Gasteiger partial charge in [-0.05, 0) is 93.5 Å². The third kappa shape index (κ3) is 4.41. The molecule has 1 saturated heterocycles. The lowest BCUT2D eigenvalue weighted by atomic mass is 9.40. The Balaban J connectivity index is 1.46. The molecule has 2 saturated carbocycles. The van der Waals surface area contributed by atoms with Crippen LogP contribution >= 0.6 is 11.8 Å². The molecule has 2 aliphatic heterocycles. The Morgan fingerprint density at radius 1 is 1.12 bits per heavy atom. The molecule has 3 fully saturated rings. The van der Waals surface area contributed by atoms with Crippen molar-refractivity contribution < 1.29 is 14.2 Å². The lowest BCUT2D eigenvalue weighted by Gasteiger charge is -2.68. The minimum Gasteiger partial charge on any atom is -0.495 e. The van der Waals surface area contributed by atoms with E-state index in [4.69, 9.17) is 19.9 Å². The second-order valence-corrected chi connectivity index (χ2v) is 17.6. The molecule has 1 spiro atoms. The highest BCUT2D eigenvalue weighted by Gasteiger charge is 2.67. The van der Waals surface area contributed by atoms with E-state index in [1.807, 2.05) is 7.11 Å². The molecule has 2 heterocycles. The van der Waals surface area contributed by atoms with Crippen molar-refractivity contribution in [2.45, 2.75) is 123 Å². The van der Waals surface area contributed by atoms with Crippen molar-refractivity contribution >= 4 is 11.8 Å². The van der Waals surface area contributed by atoms with Crippen molar-refractivity contribution in [3.8, 4) is 0 Å². The molecule has 0 aromatic carbocycles. The highest BCUT2D eigenvalue weighted by Crippen LogP contribution is 2.72. The molecule has 5 rings (SSSR count). The molecule has 0 amide bonds. The van der Waals surface area contributed by atoms with E-state index >= 15 is 0 Å². The first-order valence-electron chi connectivity index (χ1n) is 16.2. The topological polar surface area (TPSA) is 53.7 Å². The van der Waals surface area contributed by atoms with Gasteiger partial charge in [-0.15, -0.1) is 11.8 Å². The molecule has 0 aromatic rings. The summed E-state index contributed by atoms with van der Waals surface area (Å²) >= 11 is 2.17. The van der Waals surface area contributed by atoms with Crippen molar-refractivity contribution in [1.29, 1.82) is 0 Å². The van der Waals surface area contributed by atoms with Crippen LogP contribution < -0.4 is 5.73 Å². The smallest absolute Gasteiger partial charge is 0.112 e. The summed E-state index contributed by atoms with van der Waals surface area (Å²) in [5.74, 6) is 3.69. The fraction of sp³-hybridized carbons (Fsp3) is 0.886. The average molecular weight is 574 g/mol. The van der Waals surface area contributed by atoms with Gasteiger partial charge < -0.3 is 19.9 Å². The fourth-order valence-corrected chi connectivity index (χ4v) is 11.8. The van der Waals surface area contributed by atoms with Gasteiger partial charge in [0.2, 0.25) is 0 Å². The Morgan fingerprint density at radius 2 is 1.85 bits per heavy atom. The maximum absolute atomic E-state index is 6.75. The number of nitrogens with two attached hydrogens (primary N) is 1. The number of thioether (sulfide) groups is 1. The normalized spacial score (nSPS) is 46.5. The van der Waals surface area contributed by atoms with E-state index in [1.54, 1.807) is 5.57 Å². The SMILES string of the molecule is COC[C@]1(C)C(OC[C@](C)(N)C(C)C)CS[C@]2(C)C3=CC[C@]45C=CO[C@]([C@H](C)C(C)C)(CCC4(C)C3CCC12)C5. The summed E-state index contributed by atoms with van der Waals surface area (Å²) < 4.78 is 19.4. The molecular formula is C35H59NO3S. The minimum atomic E-state index is -0.327. The number of hydrogen-bond donors (Lipinski definition) is 1. The zero-order valence-corrected chi connectivity index (χ0v) is 28.1.